The predicted octanol–water partition coefficient (Wildman–Crippen LogP) is 4.28. The number of thiophene rings is 1. The minimum Gasteiger partial charge on any atom is -0.316 e. The minimum atomic E-state index is 0.447. The molecule has 2 rings (SSSR count). The van der Waals surface area contributed by atoms with E-state index >= 15 is 0 Å². The van der Waals surface area contributed by atoms with Crippen LogP contribution >= 0.6 is 22.9 Å². The molecule has 3 heteroatoms. The van der Waals surface area contributed by atoms with E-state index in [9.17, 15) is 0 Å². The van der Waals surface area contributed by atoms with E-state index in [0.29, 0.717) is 17.4 Å². The zero-order chi connectivity index (χ0) is 11.8. The summed E-state index contributed by atoms with van der Waals surface area (Å²) >= 11 is 7.79. The van der Waals surface area contributed by atoms with Crippen molar-refractivity contribution in [3.05, 3.63) is 21.3 Å². The molecule has 0 radical (unpaired) electrons. The SMILES string of the molecule is CCC1(CC)C(NC)CC1c1ccc(Cl)s1. The van der Waals surface area contributed by atoms with Gasteiger partial charge in [-0.1, -0.05) is 25.4 Å². The van der Waals surface area contributed by atoms with Gasteiger partial charge in [0.1, 0.15) is 0 Å². The Balaban J connectivity index is 2.24. The lowest BCUT2D eigenvalue weighted by atomic mass is 9.53. The summed E-state index contributed by atoms with van der Waals surface area (Å²) in [5, 5.41) is 3.47. The van der Waals surface area contributed by atoms with Crippen LogP contribution < -0.4 is 5.32 Å². The van der Waals surface area contributed by atoms with Crippen LogP contribution in [0.25, 0.3) is 0 Å². The average Bonchev–Trinajstić information content (AvgIpc) is 2.66. The molecule has 0 bridgehead atoms. The van der Waals surface area contributed by atoms with E-state index in [1.807, 2.05) is 6.07 Å². The van der Waals surface area contributed by atoms with Gasteiger partial charge in [0, 0.05) is 16.8 Å². The van der Waals surface area contributed by atoms with Gasteiger partial charge in [-0.3, -0.25) is 0 Å². The van der Waals surface area contributed by atoms with Crippen LogP contribution in [-0.4, -0.2) is 13.1 Å². The fraction of sp³-hybridized carbons (Fsp3) is 0.692. The zero-order valence-corrected chi connectivity index (χ0v) is 11.8. The van der Waals surface area contributed by atoms with Gasteiger partial charge in [0.2, 0.25) is 0 Å². The molecule has 1 aliphatic rings. The van der Waals surface area contributed by atoms with Gasteiger partial charge in [0.05, 0.1) is 4.34 Å². The highest BCUT2D eigenvalue weighted by atomic mass is 35.5. The molecule has 1 heterocycles. The lowest BCUT2D eigenvalue weighted by molar-refractivity contribution is 0.0264. The standard InChI is InChI=1S/C13H20ClNS/c1-4-13(5-2)9(8-11(13)15-3)10-6-7-12(14)16-10/h6-7,9,11,15H,4-5,8H2,1-3H3. The van der Waals surface area contributed by atoms with Crippen LogP contribution in [0.15, 0.2) is 12.1 Å². The van der Waals surface area contributed by atoms with E-state index in [-0.39, 0.29) is 0 Å². The Labute approximate surface area is 107 Å². The van der Waals surface area contributed by atoms with Crippen LogP contribution in [0, 0.1) is 5.41 Å². The second-order valence-electron chi connectivity index (χ2n) is 4.71. The third-order valence-corrected chi connectivity index (χ3v) is 5.81. The molecule has 0 aromatic carbocycles. The normalized spacial score (nSPS) is 27.8. The maximum Gasteiger partial charge on any atom is 0.0931 e. The van der Waals surface area contributed by atoms with Gasteiger partial charge >= 0.3 is 0 Å². The van der Waals surface area contributed by atoms with Crippen LogP contribution in [-0.2, 0) is 0 Å². The van der Waals surface area contributed by atoms with E-state index < -0.39 is 0 Å². The number of hydrogen-bond acceptors (Lipinski definition) is 2. The molecule has 1 N–H and O–H groups in total. The monoisotopic (exact) mass is 257 g/mol. The lowest BCUT2D eigenvalue weighted by Gasteiger charge is -2.56. The van der Waals surface area contributed by atoms with E-state index in [0.717, 1.165) is 4.34 Å². The summed E-state index contributed by atoms with van der Waals surface area (Å²) in [7, 11) is 2.09. The second kappa shape index (κ2) is 4.67. The van der Waals surface area contributed by atoms with Crippen molar-refractivity contribution >= 4 is 22.9 Å². The summed E-state index contributed by atoms with van der Waals surface area (Å²) in [4.78, 5) is 1.47. The molecule has 1 nitrogen and oxygen atoms in total. The number of nitrogens with one attached hydrogen (secondary N) is 1. The maximum absolute atomic E-state index is 6.04. The highest BCUT2D eigenvalue weighted by molar-refractivity contribution is 7.16. The van der Waals surface area contributed by atoms with Gasteiger partial charge in [0.15, 0.2) is 0 Å². The predicted molar refractivity (Wildman–Crippen MR) is 72.5 cm³/mol. The summed E-state index contributed by atoms with van der Waals surface area (Å²) in [5.41, 5.74) is 0.447. The van der Waals surface area contributed by atoms with E-state index in [2.05, 4.69) is 32.3 Å². The van der Waals surface area contributed by atoms with Crippen molar-refractivity contribution in [2.75, 3.05) is 7.05 Å². The molecular weight excluding hydrogens is 238 g/mol. The Morgan fingerprint density at radius 1 is 1.44 bits per heavy atom. The Morgan fingerprint density at radius 2 is 2.12 bits per heavy atom. The molecule has 1 aromatic heterocycles. The van der Waals surface area contributed by atoms with Gasteiger partial charge in [-0.15, -0.1) is 11.3 Å². The van der Waals surface area contributed by atoms with Gasteiger partial charge < -0.3 is 5.32 Å². The van der Waals surface area contributed by atoms with Crippen molar-refractivity contribution < 1.29 is 0 Å². The third-order valence-electron chi connectivity index (χ3n) is 4.46. The molecule has 0 saturated heterocycles. The van der Waals surface area contributed by atoms with E-state index in [4.69, 9.17) is 11.6 Å². The van der Waals surface area contributed by atoms with Crippen molar-refractivity contribution in [3.63, 3.8) is 0 Å². The van der Waals surface area contributed by atoms with Gasteiger partial charge in [-0.2, -0.15) is 0 Å². The van der Waals surface area contributed by atoms with Crippen LogP contribution in [0.1, 0.15) is 43.9 Å². The van der Waals surface area contributed by atoms with Crippen molar-refractivity contribution in [2.45, 2.75) is 45.1 Å². The van der Waals surface area contributed by atoms with Gasteiger partial charge in [0.25, 0.3) is 0 Å². The van der Waals surface area contributed by atoms with Gasteiger partial charge in [-0.05, 0) is 43.9 Å². The molecule has 1 aliphatic carbocycles. The highest BCUT2D eigenvalue weighted by Gasteiger charge is 2.52. The third kappa shape index (κ3) is 1.71. The first kappa shape index (κ1) is 12.4. The fourth-order valence-corrected chi connectivity index (χ4v) is 4.64. The van der Waals surface area contributed by atoms with E-state index in [1.54, 1.807) is 11.3 Å². The Morgan fingerprint density at radius 3 is 2.56 bits per heavy atom. The minimum absolute atomic E-state index is 0.447. The first-order chi connectivity index (χ1) is 7.67. The smallest absolute Gasteiger partial charge is 0.0931 e. The molecule has 1 aromatic rings. The van der Waals surface area contributed by atoms with Crippen LogP contribution in [0.5, 0.6) is 0 Å². The Hall–Kier alpha value is -0.0500. The molecular formula is C13H20ClNS. The molecule has 0 aliphatic heterocycles. The second-order valence-corrected chi connectivity index (χ2v) is 6.46. The Bertz CT molecular complexity index is 357. The first-order valence-electron chi connectivity index (χ1n) is 6.10. The largest absolute Gasteiger partial charge is 0.316 e. The average molecular weight is 258 g/mol. The topological polar surface area (TPSA) is 12.0 Å². The first-order valence-corrected chi connectivity index (χ1v) is 7.29. The fourth-order valence-electron chi connectivity index (χ4n) is 3.34. The lowest BCUT2D eigenvalue weighted by Crippen LogP contribution is -2.56. The number of halogens is 1. The summed E-state index contributed by atoms with van der Waals surface area (Å²) < 4.78 is 0.920. The van der Waals surface area contributed by atoms with Crippen LogP contribution in [0.3, 0.4) is 0 Å². The van der Waals surface area contributed by atoms with Crippen molar-refractivity contribution in [1.82, 2.24) is 5.32 Å². The molecule has 90 valence electrons. The molecule has 1 fully saturated rings. The van der Waals surface area contributed by atoms with E-state index in [1.165, 1.54) is 24.1 Å². The quantitative estimate of drug-likeness (QED) is 0.849. The summed E-state index contributed by atoms with van der Waals surface area (Å²) in [5.74, 6) is 0.706. The van der Waals surface area contributed by atoms with Crippen molar-refractivity contribution in [1.29, 1.82) is 0 Å². The van der Waals surface area contributed by atoms with Crippen LogP contribution in [0.2, 0.25) is 4.34 Å². The number of rotatable bonds is 4. The van der Waals surface area contributed by atoms with Crippen LogP contribution in [0.4, 0.5) is 0 Å². The molecule has 2 atom stereocenters. The van der Waals surface area contributed by atoms with Crippen molar-refractivity contribution in [3.8, 4) is 0 Å². The Kier molecular flexibility index (Phi) is 3.62. The summed E-state index contributed by atoms with van der Waals surface area (Å²) in [6, 6.07) is 4.92. The van der Waals surface area contributed by atoms with Crippen molar-refractivity contribution in [2.24, 2.45) is 5.41 Å². The molecule has 0 amide bonds. The zero-order valence-electron chi connectivity index (χ0n) is 10.2. The number of hydrogen-bond donors (Lipinski definition) is 1. The molecule has 2 unspecified atom stereocenters. The summed E-state index contributed by atoms with van der Waals surface area (Å²) in [6.45, 7) is 4.63. The maximum atomic E-state index is 6.04. The molecule has 16 heavy (non-hydrogen) atoms. The highest BCUT2D eigenvalue weighted by Crippen LogP contribution is 2.58. The molecule has 1 saturated carbocycles. The van der Waals surface area contributed by atoms with Gasteiger partial charge in [-0.25, -0.2) is 0 Å². The molecule has 0 spiro atoms. The summed E-state index contributed by atoms with van der Waals surface area (Å²) in [6.07, 6.45) is 3.75.